The third-order valence-electron chi connectivity index (χ3n) is 4.18. The van der Waals surface area contributed by atoms with Crippen LogP contribution < -0.4 is 5.32 Å². The van der Waals surface area contributed by atoms with Gasteiger partial charge in [0.15, 0.2) is 0 Å². The molecule has 1 N–H and O–H groups in total. The molecular formula is C11H19N3O2. The molecule has 2 aliphatic heterocycles. The van der Waals surface area contributed by atoms with Crippen LogP contribution in [0.15, 0.2) is 0 Å². The number of aldehydes is 1. The van der Waals surface area contributed by atoms with Crippen LogP contribution in [-0.2, 0) is 9.59 Å². The van der Waals surface area contributed by atoms with E-state index in [1.54, 1.807) is 12.1 Å². The second-order valence-electron chi connectivity index (χ2n) is 5.29. The van der Waals surface area contributed by atoms with Gasteiger partial charge in [-0.1, -0.05) is 6.92 Å². The molecule has 90 valence electrons. The van der Waals surface area contributed by atoms with Crippen molar-refractivity contribution < 1.29 is 9.59 Å². The molecule has 0 bridgehead atoms. The Morgan fingerprint density at radius 3 is 2.62 bits per heavy atom. The lowest BCUT2D eigenvalue weighted by Crippen LogP contribution is -2.55. The average Bonchev–Trinajstić information content (AvgIpc) is 2.64. The van der Waals surface area contributed by atoms with Gasteiger partial charge in [0.05, 0.1) is 0 Å². The summed E-state index contributed by atoms with van der Waals surface area (Å²) in [6.07, 6.45) is 0.900. The first-order chi connectivity index (χ1) is 7.39. The van der Waals surface area contributed by atoms with E-state index in [1.165, 1.54) is 0 Å². The van der Waals surface area contributed by atoms with E-state index in [0.29, 0.717) is 6.54 Å². The van der Waals surface area contributed by atoms with E-state index >= 15 is 0 Å². The molecule has 3 atom stereocenters. The maximum Gasteiger partial charge on any atom is 0.259 e. The highest BCUT2D eigenvalue weighted by atomic mass is 16.2. The summed E-state index contributed by atoms with van der Waals surface area (Å²) < 4.78 is 0. The second-order valence-corrected chi connectivity index (χ2v) is 5.29. The zero-order valence-electron chi connectivity index (χ0n) is 10.3. The summed E-state index contributed by atoms with van der Waals surface area (Å²) in [4.78, 5) is 23.6. The van der Waals surface area contributed by atoms with Crippen LogP contribution in [-0.4, -0.2) is 53.4 Å². The van der Waals surface area contributed by atoms with Gasteiger partial charge in [-0.25, -0.2) is 5.01 Å². The highest BCUT2D eigenvalue weighted by Gasteiger charge is 2.59. The summed E-state index contributed by atoms with van der Waals surface area (Å²) in [7, 11) is 1.78. The van der Waals surface area contributed by atoms with E-state index < -0.39 is 11.1 Å². The molecule has 2 heterocycles. The standard InChI is InChI=1S/C11H19N3O2/c1-8-5-13-6-10(2,12-4)9(16)14(13)11(8,3)7-15/h7-8,12H,5-6H2,1-4H3. The maximum atomic E-state index is 12.3. The molecule has 0 aliphatic carbocycles. The van der Waals surface area contributed by atoms with Crippen LogP contribution in [0.25, 0.3) is 0 Å². The second kappa shape index (κ2) is 3.28. The smallest absolute Gasteiger partial charge is 0.259 e. The lowest BCUT2D eigenvalue weighted by atomic mass is 9.88. The van der Waals surface area contributed by atoms with E-state index in [9.17, 15) is 9.59 Å². The molecule has 0 aromatic rings. The number of hydrogen-bond acceptors (Lipinski definition) is 4. The lowest BCUT2D eigenvalue weighted by Gasteiger charge is -2.33. The van der Waals surface area contributed by atoms with Gasteiger partial charge in [0.2, 0.25) is 0 Å². The van der Waals surface area contributed by atoms with Gasteiger partial charge in [-0.05, 0) is 20.9 Å². The molecule has 0 radical (unpaired) electrons. The Hall–Kier alpha value is -0.940. The average molecular weight is 225 g/mol. The minimum absolute atomic E-state index is 0.00560. The topological polar surface area (TPSA) is 52.7 Å². The number of hydrogen-bond donors (Lipinski definition) is 1. The number of amides is 1. The van der Waals surface area contributed by atoms with Gasteiger partial charge >= 0.3 is 0 Å². The molecular weight excluding hydrogens is 206 g/mol. The number of rotatable bonds is 2. The SMILES string of the molecule is CNC1(C)CN2CC(C)C(C)(C=O)N2C1=O. The normalized spacial score (nSPS) is 43.9. The number of fused-ring (bicyclic) bond motifs is 1. The fourth-order valence-corrected chi connectivity index (χ4v) is 2.60. The zero-order chi connectivity index (χ0) is 12.1. The van der Waals surface area contributed by atoms with Gasteiger partial charge < -0.3 is 10.1 Å². The number of likely N-dealkylation sites (N-methyl/N-ethyl adjacent to an activating group) is 1. The Morgan fingerprint density at radius 1 is 1.50 bits per heavy atom. The molecule has 0 aromatic heterocycles. The third kappa shape index (κ3) is 1.18. The van der Waals surface area contributed by atoms with Crippen LogP contribution in [0, 0.1) is 5.92 Å². The number of nitrogens with zero attached hydrogens (tertiary/aromatic N) is 2. The van der Waals surface area contributed by atoms with Gasteiger partial charge in [0, 0.05) is 19.0 Å². The van der Waals surface area contributed by atoms with E-state index in [-0.39, 0.29) is 11.8 Å². The van der Waals surface area contributed by atoms with E-state index in [4.69, 9.17) is 0 Å². The van der Waals surface area contributed by atoms with Crippen LogP contribution in [0.1, 0.15) is 20.8 Å². The molecule has 2 fully saturated rings. The fraction of sp³-hybridized carbons (Fsp3) is 0.818. The predicted molar refractivity (Wildman–Crippen MR) is 59.5 cm³/mol. The molecule has 16 heavy (non-hydrogen) atoms. The van der Waals surface area contributed by atoms with Crippen molar-refractivity contribution in [1.82, 2.24) is 15.3 Å². The monoisotopic (exact) mass is 225 g/mol. The molecule has 0 spiro atoms. The van der Waals surface area contributed by atoms with Crippen LogP contribution in [0.2, 0.25) is 0 Å². The summed E-state index contributed by atoms with van der Waals surface area (Å²) >= 11 is 0. The van der Waals surface area contributed by atoms with Gasteiger partial charge in [-0.3, -0.25) is 9.80 Å². The van der Waals surface area contributed by atoms with Crippen molar-refractivity contribution in [2.24, 2.45) is 5.92 Å². The number of carbonyl (C=O) groups is 2. The maximum absolute atomic E-state index is 12.3. The fourth-order valence-electron chi connectivity index (χ4n) is 2.60. The third-order valence-corrected chi connectivity index (χ3v) is 4.18. The first-order valence-corrected chi connectivity index (χ1v) is 5.64. The Labute approximate surface area is 95.7 Å². The largest absolute Gasteiger partial charge is 0.305 e. The summed E-state index contributed by atoms with van der Waals surface area (Å²) in [6, 6.07) is 0. The predicted octanol–water partition coefficient (Wildman–Crippen LogP) is -0.369. The summed E-state index contributed by atoms with van der Waals surface area (Å²) in [6.45, 7) is 7.12. The number of nitrogens with one attached hydrogen (secondary N) is 1. The molecule has 5 nitrogen and oxygen atoms in total. The zero-order valence-corrected chi connectivity index (χ0v) is 10.3. The molecule has 5 heteroatoms. The van der Waals surface area contributed by atoms with Crippen LogP contribution in [0.4, 0.5) is 0 Å². The summed E-state index contributed by atoms with van der Waals surface area (Å²) in [5.74, 6) is 0.171. The Bertz CT molecular complexity index is 346. The highest BCUT2D eigenvalue weighted by Crippen LogP contribution is 2.39. The lowest BCUT2D eigenvalue weighted by molar-refractivity contribution is -0.149. The van der Waals surface area contributed by atoms with E-state index in [2.05, 4.69) is 5.32 Å². The van der Waals surface area contributed by atoms with Crippen molar-refractivity contribution in [3.05, 3.63) is 0 Å². The molecule has 3 unspecified atom stereocenters. The highest BCUT2D eigenvalue weighted by molar-refractivity contribution is 5.91. The van der Waals surface area contributed by atoms with Crippen molar-refractivity contribution in [3.8, 4) is 0 Å². The molecule has 1 amide bonds. The van der Waals surface area contributed by atoms with Crippen LogP contribution in [0.5, 0.6) is 0 Å². The minimum Gasteiger partial charge on any atom is -0.305 e. The quantitative estimate of drug-likeness (QED) is 0.652. The van der Waals surface area contributed by atoms with Crippen LogP contribution in [0.3, 0.4) is 0 Å². The Morgan fingerprint density at radius 2 is 2.12 bits per heavy atom. The van der Waals surface area contributed by atoms with Gasteiger partial charge in [-0.15, -0.1) is 0 Å². The van der Waals surface area contributed by atoms with E-state index in [1.807, 2.05) is 25.8 Å². The Balaban J connectivity index is 2.38. The number of hydrazine groups is 1. The molecule has 2 saturated heterocycles. The number of carbonyl (C=O) groups excluding carboxylic acids is 2. The minimum atomic E-state index is -0.689. The van der Waals surface area contributed by atoms with Crippen molar-refractivity contribution in [1.29, 1.82) is 0 Å². The van der Waals surface area contributed by atoms with Crippen molar-refractivity contribution in [3.63, 3.8) is 0 Å². The van der Waals surface area contributed by atoms with Gasteiger partial charge in [0.25, 0.3) is 5.91 Å². The van der Waals surface area contributed by atoms with Crippen molar-refractivity contribution in [2.45, 2.75) is 31.8 Å². The van der Waals surface area contributed by atoms with Gasteiger partial charge in [0.1, 0.15) is 17.4 Å². The summed E-state index contributed by atoms with van der Waals surface area (Å²) in [5.41, 5.74) is -1.25. The van der Waals surface area contributed by atoms with Gasteiger partial charge in [-0.2, -0.15) is 0 Å². The van der Waals surface area contributed by atoms with Crippen molar-refractivity contribution in [2.75, 3.05) is 20.1 Å². The summed E-state index contributed by atoms with van der Waals surface area (Å²) in [5, 5.41) is 6.67. The first-order valence-electron chi connectivity index (χ1n) is 5.64. The van der Waals surface area contributed by atoms with E-state index in [0.717, 1.165) is 12.8 Å². The molecule has 2 aliphatic rings. The van der Waals surface area contributed by atoms with Crippen LogP contribution >= 0.6 is 0 Å². The first kappa shape index (κ1) is 11.5. The molecule has 0 aromatic carbocycles. The van der Waals surface area contributed by atoms with Crippen molar-refractivity contribution >= 4 is 12.2 Å². The molecule has 0 saturated carbocycles. The Kier molecular flexibility index (Phi) is 2.36. The molecule has 2 rings (SSSR count).